The predicted octanol–water partition coefficient (Wildman–Crippen LogP) is -4.92. The zero-order valence-electron chi connectivity index (χ0n) is 19.4. The molecule has 0 saturated carbocycles. The van der Waals surface area contributed by atoms with Crippen LogP contribution in [0.3, 0.4) is 0 Å². The second-order valence-corrected chi connectivity index (χ2v) is 7.95. The smallest absolute Gasteiger partial charge is 0.408 e. The van der Waals surface area contributed by atoms with Crippen LogP contribution in [0.4, 0.5) is 4.79 Å². The normalized spacial score (nSPS) is 37.6. The van der Waals surface area contributed by atoms with Gasteiger partial charge in [0.05, 0.1) is 26.9 Å². The predicted molar refractivity (Wildman–Crippen MR) is 113 cm³/mol. The van der Waals surface area contributed by atoms with E-state index in [0.717, 1.165) is 7.11 Å². The number of ether oxygens (including phenoxy) is 6. The Morgan fingerprint density at radius 2 is 1.56 bits per heavy atom. The highest BCUT2D eigenvalue weighted by Crippen LogP contribution is 2.29. The number of rotatable bonds is 11. The molecule has 8 N–H and O–H groups in total. The van der Waals surface area contributed by atoms with E-state index in [2.05, 4.69) is 16.6 Å². The van der Waals surface area contributed by atoms with E-state index in [1.165, 1.54) is 6.08 Å². The second kappa shape index (κ2) is 14.1. The van der Waals surface area contributed by atoms with Crippen molar-refractivity contribution in [1.82, 2.24) is 5.32 Å². The van der Waals surface area contributed by atoms with Gasteiger partial charge in [-0.15, -0.1) is 0 Å². The van der Waals surface area contributed by atoms with E-state index in [-0.39, 0.29) is 6.61 Å². The standard InChI is InChI=1S/C20H33NO15/c1-3-4-32-20(30)21-8(17(29)31-2)7-33-18-15(28)16(12(25)10(6-23)34-18)36-19-14(27)13(26)11(24)9(5-22)35-19/h3,8-16,18-19,22-28H,1,4-7H2,2H3,(H,21,30)/t8-,9+,10+,11-,12-,13-,14+,15+,16-,18+,19-/m0/s1. The third-order valence-corrected chi connectivity index (χ3v) is 5.50. The van der Waals surface area contributed by atoms with Crippen LogP contribution in [0.5, 0.6) is 0 Å². The molecule has 0 aromatic rings. The summed E-state index contributed by atoms with van der Waals surface area (Å²) in [5.41, 5.74) is 0. The first-order valence-corrected chi connectivity index (χ1v) is 10.9. The Hall–Kier alpha value is -1.96. The number of amides is 1. The summed E-state index contributed by atoms with van der Waals surface area (Å²) < 4.78 is 30.7. The van der Waals surface area contributed by atoms with Crippen molar-refractivity contribution in [3.63, 3.8) is 0 Å². The molecule has 208 valence electrons. The molecular weight excluding hydrogens is 494 g/mol. The number of nitrogens with one attached hydrogen (secondary N) is 1. The maximum absolute atomic E-state index is 12.0. The lowest BCUT2D eigenvalue weighted by molar-refractivity contribution is -0.360. The van der Waals surface area contributed by atoms with Gasteiger partial charge in [-0.05, 0) is 0 Å². The molecule has 11 atom stereocenters. The van der Waals surface area contributed by atoms with Crippen LogP contribution >= 0.6 is 0 Å². The molecule has 2 aliphatic heterocycles. The van der Waals surface area contributed by atoms with Gasteiger partial charge in [-0.2, -0.15) is 0 Å². The van der Waals surface area contributed by atoms with Gasteiger partial charge >= 0.3 is 12.1 Å². The van der Waals surface area contributed by atoms with E-state index >= 15 is 0 Å². The Morgan fingerprint density at radius 3 is 2.14 bits per heavy atom. The zero-order valence-corrected chi connectivity index (χ0v) is 19.4. The number of aliphatic hydroxyl groups is 7. The summed E-state index contributed by atoms with van der Waals surface area (Å²) in [7, 11) is 1.06. The van der Waals surface area contributed by atoms with Crippen LogP contribution in [-0.4, -0.2) is 149 Å². The lowest BCUT2D eigenvalue weighted by Gasteiger charge is -2.46. The molecule has 0 radical (unpaired) electrons. The number of aliphatic hydroxyl groups excluding tert-OH is 7. The lowest BCUT2D eigenvalue weighted by Crippen LogP contribution is -2.65. The molecule has 0 bridgehead atoms. The quantitative estimate of drug-likeness (QED) is 0.0927. The molecule has 0 unspecified atom stereocenters. The van der Waals surface area contributed by atoms with Crippen LogP contribution in [0, 0.1) is 0 Å². The first kappa shape index (κ1) is 30.3. The Bertz CT molecular complexity index is 723. The molecule has 0 spiro atoms. The van der Waals surface area contributed by atoms with E-state index in [4.69, 9.17) is 23.7 Å². The second-order valence-electron chi connectivity index (χ2n) is 7.95. The maximum atomic E-state index is 12.0. The zero-order chi connectivity index (χ0) is 27.0. The minimum absolute atomic E-state index is 0.141. The lowest BCUT2D eigenvalue weighted by atomic mass is 9.97. The summed E-state index contributed by atoms with van der Waals surface area (Å²) in [5, 5.41) is 72.4. The SMILES string of the molecule is C=CCOC(=O)N[C@@H](CO[C@@H]1O[C@H](CO)[C@H](O)[C@H](O[C@@H]2O[C@H](CO)[C@H](O)[C@H](O)[C@H]2O)[C@H]1O)C(=O)OC. The average Bonchev–Trinajstić information content (AvgIpc) is 2.87. The topological polar surface area (TPSA) is 243 Å². The highest BCUT2D eigenvalue weighted by molar-refractivity contribution is 5.81. The van der Waals surface area contributed by atoms with Gasteiger partial charge in [0.15, 0.2) is 18.6 Å². The van der Waals surface area contributed by atoms with Crippen LogP contribution in [0.1, 0.15) is 0 Å². The summed E-state index contributed by atoms with van der Waals surface area (Å²) in [6, 6.07) is -1.41. The third kappa shape index (κ3) is 7.30. The van der Waals surface area contributed by atoms with Gasteiger partial charge in [0.2, 0.25) is 0 Å². The largest absolute Gasteiger partial charge is 0.467 e. The van der Waals surface area contributed by atoms with Gasteiger partial charge in [0.25, 0.3) is 0 Å². The fourth-order valence-corrected chi connectivity index (χ4v) is 3.51. The number of hydrogen-bond acceptors (Lipinski definition) is 15. The van der Waals surface area contributed by atoms with Crippen LogP contribution in [0.15, 0.2) is 12.7 Å². The number of methoxy groups -OCH3 is 1. The molecule has 1 amide bonds. The maximum Gasteiger partial charge on any atom is 0.408 e. The van der Waals surface area contributed by atoms with E-state index in [9.17, 15) is 45.3 Å². The van der Waals surface area contributed by atoms with Crippen molar-refractivity contribution in [2.75, 3.05) is 33.5 Å². The van der Waals surface area contributed by atoms with Gasteiger partial charge in [-0.3, -0.25) is 0 Å². The number of alkyl carbamates (subject to hydrolysis) is 1. The van der Waals surface area contributed by atoms with Gasteiger partial charge in [0.1, 0.15) is 55.4 Å². The molecule has 2 fully saturated rings. The average molecular weight is 527 g/mol. The van der Waals surface area contributed by atoms with Gasteiger partial charge in [0, 0.05) is 0 Å². The third-order valence-electron chi connectivity index (χ3n) is 5.50. The van der Waals surface area contributed by atoms with Crippen LogP contribution in [0.25, 0.3) is 0 Å². The summed E-state index contributed by atoms with van der Waals surface area (Å²) >= 11 is 0. The summed E-state index contributed by atoms with van der Waals surface area (Å²) in [4.78, 5) is 23.8. The number of esters is 1. The van der Waals surface area contributed by atoms with E-state index in [1.54, 1.807) is 0 Å². The number of carbonyl (C=O) groups excluding carboxylic acids is 2. The highest BCUT2D eigenvalue weighted by atomic mass is 16.7. The molecule has 36 heavy (non-hydrogen) atoms. The van der Waals surface area contributed by atoms with Crippen molar-refractivity contribution in [1.29, 1.82) is 0 Å². The Kier molecular flexibility index (Phi) is 11.9. The molecule has 16 heteroatoms. The molecule has 0 aliphatic carbocycles. The Labute approximate surface area is 205 Å². The minimum atomic E-state index is -1.84. The highest BCUT2D eigenvalue weighted by Gasteiger charge is 2.51. The molecule has 2 rings (SSSR count). The Balaban J connectivity index is 2.12. The Morgan fingerprint density at radius 1 is 0.944 bits per heavy atom. The van der Waals surface area contributed by atoms with E-state index in [0.29, 0.717) is 0 Å². The van der Waals surface area contributed by atoms with Crippen molar-refractivity contribution in [2.45, 2.75) is 67.5 Å². The van der Waals surface area contributed by atoms with Crippen molar-refractivity contribution in [2.24, 2.45) is 0 Å². The molecule has 2 heterocycles. The van der Waals surface area contributed by atoms with Gasteiger partial charge in [-0.25, -0.2) is 9.59 Å². The van der Waals surface area contributed by atoms with Gasteiger partial charge in [-0.1, -0.05) is 12.7 Å². The number of carbonyl (C=O) groups is 2. The van der Waals surface area contributed by atoms with Crippen LogP contribution in [-0.2, 0) is 33.2 Å². The molecule has 0 aromatic carbocycles. The molecule has 16 nitrogen and oxygen atoms in total. The summed E-state index contributed by atoms with van der Waals surface area (Å²) in [5.74, 6) is -0.927. The molecule has 2 saturated heterocycles. The minimum Gasteiger partial charge on any atom is -0.467 e. The molecule has 0 aromatic heterocycles. The summed E-state index contributed by atoms with van der Waals surface area (Å²) in [6.07, 6.45) is -16.2. The van der Waals surface area contributed by atoms with Crippen molar-refractivity contribution in [3.8, 4) is 0 Å². The van der Waals surface area contributed by atoms with Crippen molar-refractivity contribution in [3.05, 3.63) is 12.7 Å². The van der Waals surface area contributed by atoms with E-state index in [1.807, 2.05) is 0 Å². The first-order valence-electron chi connectivity index (χ1n) is 10.9. The van der Waals surface area contributed by atoms with Crippen LogP contribution < -0.4 is 5.32 Å². The fraction of sp³-hybridized carbons (Fsp3) is 0.800. The van der Waals surface area contributed by atoms with Crippen LogP contribution in [0.2, 0.25) is 0 Å². The number of hydrogen-bond donors (Lipinski definition) is 8. The first-order chi connectivity index (χ1) is 17.1. The van der Waals surface area contributed by atoms with Gasteiger partial charge < -0.3 is 69.5 Å². The monoisotopic (exact) mass is 527 g/mol. The van der Waals surface area contributed by atoms with E-state index < -0.39 is 99.3 Å². The fourth-order valence-electron chi connectivity index (χ4n) is 3.51. The molecule has 2 aliphatic rings. The van der Waals surface area contributed by atoms with Crippen molar-refractivity contribution < 1.29 is 73.8 Å². The summed E-state index contributed by atoms with van der Waals surface area (Å²) in [6.45, 7) is 1.11. The molecular formula is C20H33NO15. The van der Waals surface area contributed by atoms with Crippen molar-refractivity contribution >= 4 is 12.1 Å².